The van der Waals surface area contributed by atoms with Crippen molar-refractivity contribution < 1.29 is 14.7 Å². The Labute approximate surface area is 119 Å². The first-order valence-electron chi connectivity index (χ1n) is 6.78. The Hall–Kier alpha value is -2.10. The topological polar surface area (TPSA) is 66.4 Å². The molecule has 0 fully saturated rings. The summed E-state index contributed by atoms with van der Waals surface area (Å²) in [5, 5.41) is 11.4. The number of rotatable bonds is 7. The second-order valence-corrected chi connectivity index (χ2v) is 5.09. The first kappa shape index (κ1) is 16.0. The summed E-state index contributed by atoms with van der Waals surface area (Å²) in [5.41, 5.74) is 1.24. The van der Waals surface area contributed by atoms with Crippen LogP contribution in [-0.2, 0) is 4.79 Å². The summed E-state index contributed by atoms with van der Waals surface area (Å²) in [6.45, 7) is 4.96. The van der Waals surface area contributed by atoms with Crippen LogP contribution in [0.3, 0.4) is 0 Å². The van der Waals surface area contributed by atoms with Gasteiger partial charge in [-0.3, -0.25) is 4.79 Å². The predicted molar refractivity (Wildman–Crippen MR) is 79.5 cm³/mol. The van der Waals surface area contributed by atoms with Crippen LogP contribution in [0.15, 0.2) is 30.3 Å². The third kappa shape index (κ3) is 6.18. The number of carboxylic acid groups (broad SMARTS) is 1. The standard InChI is InChI=1S/C16H21NO3/c1-12(2)5-4-10-17-16(20)14-7-3-6-13(11-14)8-9-15(18)19/h3,6-9,11-12H,4-5,10H2,1-2H3,(H,17,20)(H,18,19). The van der Waals surface area contributed by atoms with Crippen molar-refractivity contribution in [2.45, 2.75) is 26.7 Å². The molecule has 0 aliphatic heterocycles. The summed E-state index contributed by atoms with van der Waals surface area (Å²) >= 11 is 0. The Morgan fingerprint density at radius 3 is 2.75 bits per heavy atom. The molecular formula is C16H21NO3. The summed E-state index contributed by atoms with van der Waals surface area (Å²) in [4.78, 5) is 22.4. The predicted octanol–water partition coefficient (Wildman–Crippen LogP) is 2.95. The second kappa shape index (κ2) is 8.15. The molecule has 0 spiro atoms. The van der Waals surface area contributed by atoms with Gasteiger partial charge >= 0.3 is 5.97 Å². The maximum absolute atomic E-state index is 11.9. The van der Waals surface area contributed by atoms with Crippen LogP contribution in [0, 0.1) is 5.92 Å². The number of benzene rings is 1. The van der Waals surface area contributed by atoms with E-state index >= 15 is 0 Å². The van der Waals surface area contributed by atoms with Gasteiger partial charge < -0.3 is 10.4 Å². The van der Waals surface area contributed by atoms with E-state index in [1.807, 2.05) is 0 Å². The molecule has 0 radical (unpaired) electrons. The highest BCUT2D eigenvalue weighted by molar-refractivity contribution is 5.95. The first-order chi connectivity index (χ1) is 9.49. The van der Waals surface area contributed by atoms with Crippen LogP contribution in [0.4, 0.5) is 0 Å². The molecule has 0 bridgehead atoms. The van der Waals surface area contributed by atoms with Gasteiger partial charge in [-0.2, -0.15) is 0 Å². The molecule has 4 nitrogen and oxygen atoms in total. The van der Waals surface area contributed by atoms with Crippen molar-refractivity contribution in [1.29, 1.82) is 0 Å². The molecule has 0 aliphatic rings. The molecule has 4 heteroatoms. The van der Waals surface area contributed by atoms with Gasteiger partial charge in [0.15, 0.2) is 0 Å². The van der Waals surface area contributed by atoms with Crippen molar-refractivity contribution in [3.63, 3.8) is 0 Å². The third-order valence-corrected chi connectivity index (χ3v) is 2.81. The molecule has 2 N–H and O–H groups in total. The highest BCUT2D eigenvalue weighted by Gasteiger charge is 2.05. The maximum atomic E-state index is 11.9. The molecule has 1 amide bonds. The molecule has 1 aromatic rings. The average molecular weight is 275 g/mol. The molecule has 1 aromatic carbocycles. The van der Waals surface area contributed by atoms with E-state index in [0.717, 1.165) is 18.9 Å². The van der Waals surface area contributed by atoms with Crippen LogP contribution in [0.5, 0.6) is 0 Å². The smallest absolute Gasteiger partial charge is 0.328 e. The monoisotopic (exact) mass is 275 g/mol. The molecule has 0 aliphatic carbocycles. The molecule has 1 rings (SSSR count). The van der Waals surface area contributed by atoms with E-state index in [-0.39, 0.29) is 5.91 Å². The van der Waals surface area contributed by atoms with Crippen molar-refractivity contribution in [2.75, 3.05) is 6.54 Å². The number of nitrogens with one attached hydrogen (secondary N) is 1. The quantitative estimate of drug-likeness (QED) is 0.594. The number of aliphatic carboxylic acids is 1. The fourth-order valence-corrected chi connectivity index (χ4v) is 1.77. The first-order valence-corrected chi connectivity index (χ1v) is 6.78. The van der Waals surface area contributed by atoms with Crippen LogP contribution in [0.2, 0.25) is 0 Å². The Morgan fingerprint density at radius 1 is 1.35 bits per heavy atom. The lowest BCUT2D eigenvalue weighted by Gasteiger charge is -2.07. The molecule has 0 saturated heterocycles. The number of amides is 1. The lowest BCUT2D eigenvalue weighted by molar-refractivity contribution is -0.131. The molecule has 108 valence electrons. The average Bonchev–Trinajstić information content (AvgIpc) is 2.41. The summed E-state index contributed by atoms with van der Waals surface area (Å²) in [6, 6.07) is 6.90. The van der Waals surface area contributed by atoms with Crippen molar-refractivity contribution >= 4 is 18.0 Å². The molecule has 0 unspecified atom stereocenters. The Kier molecular flexibility index (Phi) is 6.50. The SMILES string of the molecule is CC(C)CCCNC(=O)c1cccc(C=CC(=O)O)c1. The van der Waals surface area contributed by atoms with Crippen LogP contribution < -0.4 is 5.32 Å². The zero-order valence-electron chi connectivity index (χ0n) is 11.9. The number of hydrogen-bond acceptors (Lipinski definition) is 2. The van der Waals surface area contributed by atoms with Gasteiger partial charge in [-0.05, 0) is 42.5 Å². The van der Waals surface area contributed by atoms with E-state index in [0.29, 0.717) is 23.6 Å². The summed E-state index contributed by atoms with van der Waals surface area (Å²) in [5.74, 6) is -0.496. The maximum Gasteiger partial charge on any atom is 0.328 e. The molecule has 20 heavy (non-hydrogen) atoms. The largest absolute Gasteiger partial charge is 0.478 e. The van der Waals surface area contributed by atoms with E-state index < -0.39 is 5.97 Å². The van der Waals surface area contributed by atoms with Gasteiger partial charge in [0, 0.05) is 18.2 Å². The zero-order valence-corrected chi connectivity index (χ0v) is 11.9. The van der Waals surface area contributed by atoms with E-state index in [9.17, 15) is 9.59 Å². The molecule has 0 saturated carbocycles. The second-order valence-electron chi connectivity index (χ2n) is 5.09. The molecule has 0 heterocycles. The van der Waals surface area contributed by atoms with Gasteiger partial charge in [0.05, 0.1) is 0 Å². The third-order valence-electron chi connectivity index (χ3n) is 2.81. The van der Waals surface area contributed by atoms with Crippen molar-refractivity contribution in [1.82, 2.24) is 5.32 Å². The van der Waals surface area contributed by atoms with E-state index in [2.05, 4.69) is 19.2 Å². The number of carbonyl (C=O) groups excluding carboxylic acids is 1. The van der Waals surface area contributed by atoms with Gasteiger partial charge in [-0.25, -0.2) is 4.79 Å². The van der Waals surface area contributed by atoms with Crippen molar-refractivity contribution in [3.8, 4) is 0 Å². The van der Waals surface area contributed by atoms with E-state index in [1.54, 1.807) is 24.3 Å². The Balaban J connectivity index is 2.55. The zero-order chi connectivity index (χ0) is 15.0. The fourth-order valence-electron chi connectivity index (χ4n) is 1.77. The van der Waals surface area contributed by atoms with Crippen LogP contribution >= 0.6 is 0 Å². The summed E-state index contributed by atoms with van der Waals surface area (Å²) in [7, 11) is 0. The van der Waals surface area contributed by atoms with Gasteiger partial charge in [0.2, 0.25) is 0 Å². The lowest BCUT2D eigenvalue weighted by atomic mass is 10.1. The Morgan fingerprint density at radius 2 is 2.10 bits per heavy atom. The molecule has 0 aromatic heterocycles. The molecular weight excluding hydrogens is 254 g/mol. The number of carboxylic acids is 1. The normalized spacial score (nSPS) is 10.9. The number of carbonyl (C=O) groups is 2. The minimum absolute atomic E-state index is 0.126. The van der Waals surface area contributed by atoms with Crippen LogP contribution in [0.1, 0.15) is 42.6 Å². The van der Waals surface area contributed by atoms with Crippen molar-refractivity contribution in [2.24, 2.45) is 5.92 Å². The Bertz CT molecular complexity index is 492. The summed E-state index contributed by atoms with van der Waals surface area (Å²) in [6.07, 6.45) is 4.57. The highest BCUT2D eigenvalue weighted by Crippen LogP contribution is 2.08. The van der Waals surface area contributed by atoms with Gasteiger partial charge in [-0.15, -0.1) is 0 Å². The van der Waals surface area contributed by atoms with Crippen LogP contribution in [-0.4, -0.2) is 23.5 Å². The van der Waals surface area contributed by atoms with E-state index in [1.165, 1.54) is 6.08 Å². The fraction of sp³-hybridized carbons (Fsp3) is 0.375. The number of hydrogen-bond donors (Lipinski definition) is 2. The van der Waals surface area contributed by atoms with Crippen molar-refractivity contribution in [3.05, 3.63) is 41.5 Å². The van der Waals surface area contributed by atoms with Gasteiger partial charge in [0.1, 0.15) is 0 Å². The minimum atomic E-state index is -1.01. The lowest BCUT2D eigenvalue weighted by Crippen LogP contribution is -2.24. The van der Waals surface area contributed by atoms with Gasteiger partial charge in [-0.1, -0.05) is 26.0 Å². The highest BCUT2D eigenvalue weighted by atomic mass is 16.4. The molecule has 0 atom stereocenters. The van der Waals surface area contributed by atoms with E-state index in [4.69, 9.17) is 5.11 Å². The minimum Gasteiger partial charge on any atom is -0.478 e. The van der Waals surface area contributed by atoms with Gasteiger partial charge in [0.25, 0.3) is 5.91 Å². The van der Waals surface area contributed by atoms with Crippen LogP contribution in [0.25, 0.3) is 6.08 Å². The summed E-state index contributed by atoms with van der Waals surface area (Å²) < 4.78 is 0.